The predicted octanol–water partition coefficient (Wildman–Crippen LogP) is 4.80. The Labute approximate surface area is 188 Å². The molecule has 0 aromatic heterocycles. The van der Waals surface area contributed by atoms with Crippen molar-refractivity contribution in [3.8, 4) is 5.75 Å². The maximum absolute atomic E-state index is 8.68. The van der Waals surface area contributed by atoms with E-state index in [0.29, 0.717) is 33.0 Å². The smallest absolute Gasteiger partial charge is 0.167 e. The average molecular weight is 440 g/mol. The third-order valence-electron chi connectivity index (χ3n) is 4.71. The molecule has 3 aromatic rings. The second kappa shape index (κ2) is 12.5. The lowest BCUT2D eigenvalue weighted by Crippen LogP contribution is -2.13. The van der Waals surface area contributed by atoms with Crippen LogP contribution in [0.1, 0.15) is 11.1 Å². The van der Waals surface area contributed by atoms with Gasteiger partial charge < -0.3 is 19.3 Å². The summed E-state index contributed by atoms with van der Waals surface area (Å²) < 4.78 is 16.7. The summed E-state index contributed by atoms with van der Waals surface area (Å²) in [7, 11) is -0.168. The highest BCUT2D eigenvalue weighted by Crippen LogP contribution is 2.35. The zero-order chi connectivity index (χ0) is 21.9. The SMILES string of the molecule is Cc1cc([S+](c2ccccc2)c2ccccc2)cc(C)c1OCCOCCOCCO. The van der Waals surface area contributed by atoms with E-state index >= 15 is 0 Å². The van der Waals surface area contributed by atoms with Gasteiger partial charge in [-0.3, -0.25) is 0 Å². The number of hydrogen-bond acceptors (Lipinski definition) is 4. The monoisotopic (exact) mass is 439 g/mol. The van der Waals surface area contributed by atoms with Crippen LogP contribution in [0, 0.1) is 13.8 Å². The van der Waals surface area contributed by atoms with Gasteiger partial charge in [0.2, 0.25) is 0 Å². The van der Waals surface area contributed by atoms with Gasteiger partial charge in [0.25, 0.3) is 0 Å². The Hall–Kier alpha value is -2.31. The molecule has 0 saturated heterocycles. The zero-order valence-electron chi connectivity index (χ0n) is 18.3. The van der Waals surface area contributed by atoms with Crippen LogP contribution in [0.5, 0.6) is 5.75 Å². The maximum atomic E-state index is 8.68. The number of aryl methyl sites for hydroxylation is 2. The Morgan fingerprint density at radius 1 is 0.645 bits per heavy atom. The van der Waals surface area contributed by atoms with E-state index in [1.165, 1.54) is 14.7 Å². The number of aliphatic hydroxyl groups is 1. The molecule has 0 unspecified atom stereocenters. The number of hydrogen-bond donors (Lipinski definition) is 1. The van der Waals surface area contributed by atoms with Gasteiger partial charge in [-0.2, -0.15) is 0 Å². The summed E-state index contributed by atoms with van der Waals surface area (Å²) >= 11 is 0. The quantitative estimate of drug-likeness (QED) is 0.325. The standard InChI is InChI=1S/C26H31O4S/c1-21-19-25(20-22(2)26(21)30-18-17-29-16-15-28-14-13-27)31(23-9-5-3-6-10-23)24-11-7-4-8-12-24/h3-12,19-20,27H,13-18H2,1-2H3/q+1. The lowest BCUT2D eigenvalue weighted by molar-refractivity contribution is 0.0246. The molecule has 0 fully saturated rings. The minimum absolute atomic E-state index is 0.0354. The lowest BCUT2D eigenvalue weighted by Gasteiger charge is -2.15. The summed E-state index contributed by atoms with van der Waals surface area (Å²) in [6.45, 7) is 6.56. The van der Waals surface area contributed by atoms with Gasteiger partial charge in [-0.1, -0.05) is 36.4 Å². The zero-order valence-corrected chi connectivity index (χ0v) is 19.1. The summed E-state index contributed by atoms with van der Waals surface area (Å²) in [5, 5.41) is 8.68. The Bertz CT molecular complexity index is 853. The van der Waals surface area contributed by atoms with Gasteiger partial charge in [0.05, 0.1) is 43.9 Å². The van der Waals surface area contributed by atoms with E-state index < -0.39 is 0 Å². The van der Waals surface area contributed by atoms with E-state index in [4.69, 9.17) is 19.3 Å². The third-order valence-corrected chi connectivity index (χ3v) is 6.90. The highest BCUT2D eigenvalue weighted by molar-refractivity contribution is 7.97. The van der Waals surface area contributed by atoms with E-state index in [1.54, 1.807) is 0 Å². The molecule has 3 aromatic carbocycles. The largest absolute Gasteiger partial charge is 0.491 e. The van der Waals surface area contributed by atoms with Crippen LogP contribution >= 0.6 is 0 Å². The molecule has 0 amide bonds. The first-order valence-corrected chi connectivity index (χ1v) is 11.8. The summed E-state index contributed by atoms with van der Waals surface area (Å²) in [5.74, 6) is 0.925. The molecule has 0 aliphatic heterocycles. The van der Waals surface area contributed by atoms with Crippen LogP contribution in [-0.2, 0) is 20.4 Å². The van der Waals surface area contributed by atoms with Gasteiger partial charge in [0, 0.05) is 12.1 Å². The Balaban J connectivity index is 1.70. The van der Waals surface area contributed by atoms with Gasteiger partial charge in [-0.05, 0) is 49.2 Å². The van der Waals surface area contributed by atoms with Crippen molar-refractivity contribution in [2.24, 2.45) is 0 Å². The number of ether oxygens (including phenoxy) is 3. The van der Waals surface area contributed by atoms with Gasteiger partial charge in [-0.25, -0.2) is 0 Å². The average Bonchev–Trinajstić information content (AvgIpc) is 2.79. The van der Waals surface area contributed by atoms with Crippen molar-refractivity contribution in [1.82, 2.24) is 0 Å². The summed E-state index contributed by atoms with van der Waals surface area (Å²) in [6, 6.07) is 25.8. The number of benzene rings is 3. The van der Waals surface area contributed by atoms with Gasteiger partial charge >= 0.3 is 0 Å². The first-order chi connectivity index (χ1) is 15.2. The Morgan fingerprint density at radius 2 is 1.13 bits per heavy atom. The molecule has 5 heteroatoms. The van der Waals surface area contributed by atoms with Gasteiger partial charge in [-0.15, -0.1) is 0 Å². The van der Waals surface area contributed by atoms with E-state index in [2.05, 4.69) is 86.6 Å². The molecule has 164 valence electrons. The van der Waals surface area contributed by atoms with Crippen LogP contribution in [0.15, 0.2) is 87.5 Å². The van der Waals surface area contributed by atoms with Crippen LogP contribution in [0.2, 0.25) is 0 Å². The molecule has 0 atom stereocenters. The molecule has 0 spiro atoms. The Kier molecular flexibility index (Phi) is 9.43. The van der Waals surface area contributed by atoms with Crippen molar-refractivity contribution >= 4 is 10.9 Å². The molecule has 4 nitrogen and oxygen atoms in total. The normalized spacial score (nSPS) is 11.1. The molecule has 0 heterocycles. The maximum Gasteiger partial charge on any atom is 0.167 e. The topological polar surface area (TPSA) is 47.9 Å². The Morgan fingerprint density at radius 3 is 1.65 bits per heavy atom. The van der Waals surface area contributed by atoms with Crippen molar-refractivity contribution in [3.63, 3.8) is 0 Å². The van der Waals surface area contributed by atoms with E-state index in [0.717, 1.165) is 16.9 Å². The minimum Gasteiger partial charge on any atom is -0.491 e. The molecule has 0 radical (unpaired) electrons. The molecular formula is C26H31O4S+. The second-order valence-corrected chi connectivity index (χ2v) is 9.14. The van der Waals surface area contributed by atoms with Crippen molar-refractivity contribution in [3.05, 3.63) is 83.9 Å². The van der Waals surface area contributed by atoms with E-state index in [9.17, 15) is 0 Å². The van der Waals surface area contributed by atoms with E-state index in [-0.39, 0.29) is 17.5 Å². The number of rotatable bonds is 12. The second-order valence-electron chi connectivity index (χ2n) is 7.12. The molecule has 31 heavy (non-hydrogen) atoms. The number of aliphatic hydroxyl groups excluding tert-OH is 1. The van der Waals surface area contributed by atoms with Gasteiger partial charge in [0.15, 0.2) is 14.7 Å². The first kappa shape index (κ1) is 23.4. The molecular weight excluding hydrogens is 408 g/mol. The van der Waals surface area contributed by atoms with Crippen LogP contribution in [0.3, 0.4) is 0 Å². The molecule has 0 saturated carbocycles. The molecule has 1 N–H and O–H groups in total. The summed E-state index contributed by atoms with van der Waals surface area (Å²) in [4.78, 5) is 3.90. The fourth-order valence-electron chi connectivity index (χ4n) is 3.37. The van der Waals surface area contributed by atoms with Crippen LogP contribution in [0.4, 0.5) is 0 Å². The van der Waals surface area contributed by atoms with Crippen LogP contribution in [-0.4, -0.2) is 44.7 Å². The van der Waals surface area contributed by atoms with Crippen LogP contribution < -0.4 is 4.74 Å². The van der Waals surface area contributed by atoms with E-state index in [1.807, 2.05) is 0 Å². The highest BCUT2D eigenvalue weighted by atomic mass is 32.2. The fourth-order valence-corrected chi connectivity index (χ4v) is 5.63. The molecule has 0 aliphatic carbocycles. The molecule has 0 bridgehead atoms. The molecule has 0 aliphatic rings. The van der Waals surface area contributed by atoms with Crippen LogP contribution in [0.25, 0.3) is 0 Å². The third kappa shape index (κ3) is 6.84. The highest BCUT2D eigenvalue weighted by Gasteiger charge is 2.29. The summed E-state index contributed by atoms with van der Waals surface area (Å²) in [5.41, 5.74) is 2.26. The minimum atomic E-state index is -0.168. The molecule has 3 rings (SSSR count). The summed E-state index contributed by atoms with van der Waals surface area (Å²) in [6.07, 6.45) is 0. The van der Waals surface area contributed by atoms with Crippen molar-refractivity contribution < 1.29 is 19.3 Å². The van der Waals surface area contributed by atoms with Crippen molar-refractivity contribution in [2.75, 3.05) is 39.6 Å². The predicted molar refractivity (Wildman–Crippen MR) is 125 cm³/mol. The lowest BCUT2D eigenvalue weighted by atomic mass is 10.1. The van der Waals surface area contributed by atoms with Crippen molar-refractivity contribution in [1.29, 1.82) is 0 Å². The fraction of sp³-hybridized carbons (Fsp3) is 0.308. The first-order valence-electron chi connectivity index (χ1n) is 10.6. The van der Waals surface area contributed by atoms with Gasteiger partial charge in [0.1, 0.15) is 12.4 Å². The van der Waals surface area contributed by atoms with Crippen molar-refractivity contribution in [2.45, 2.75) is 28.5 Å².